The summed E-state index contributed by atoms with van der Waals surface area (Å²) in [5, 5.41) is 0.562. The van der Waals surface area contributed by atoms with Gasteiger partial charge in [0.1, 0.15) is 11.1 Å². The number of hydrogen-bond donors (Lipinski definition) is 2. The lowest BCUT2D eigenvalue weighted by Crippen LogP contribution is -2.45. The molecular formula is C18H13FN2O5. The Kier molecular flexibility index (Phi) is 4.93. The molecule has 0 aliphatic rings. The number of amides is 2. The van der Waals surface area contributed by atoms with Gasteiger partial charge in [0.05, 0.1) is 0 Å². The van der Waals surface area contributed by atoms with Gasteiger partial charge in [-0.2, -0.15) is 0 Å². The fraction of sp³-hybridized carbons (Fsp3) is 0.0556. The molecule has 0 bridgehead atoms. The van der Waals surface area contributed by atoms with E-state index in [0.717, 1.165) is 0 Å². The number of carbonyl (C=O) groups excluding carboxylic acids is 2. The molecule has 0 atom stereocenters. The van der Waals surface area contributed by atoms with Crippen LogP contribution >= 0.6 is 0 Å². The molecule has 26 heavy (non-hydrogen) atoms. The lowest BCUT2D eigenvalue weighted by atomic mass is 10.2. The van der Waals surface area contributed by atoms with Crippen LogP contribution in [0.5, 0.6) is 5.75 Å². The standard InChI is InChI=1S/C18H13FN2O5/c19-13-6-2-4-8-15(13)25-10-16(22)20-21-17(23)12-9-11-5-1-3-7-14(11)26-18(12)24/h1-9H,10H2,(H,20,22)(H,21,23). The van der Waals surface area contributed by atoms with Crippen LogP contribution in [-0.4, -0.2) is 18.4 Å². The second kappa shape index (κ2) is 7.47. The van der Waals surface area contributed by atoms with Crippen molar-refractivity contribution in [3.8, 4) is 5.75 Å². The van der Waals surface area contributed by atoms with Crippen molar-refractivity contribution in [2.24, 2.45) is 0 Å². The van der Waals surface area contributed by atoms with Gasteiger partial charge in [-0.3, -0.25) is 20.4 Å². The third kappa shape index (κ3) is 3.86. The number of rotatable bonds is 4. The van der Waals surface area contributed by atoms with Gasteiger partial charge in [0.15, 0.2) is 18.2 Å². The molecule has 0 fully saturated rings. The van der Waals surface area contributed by atoms with Crippen LogP contribution in [0.1, 0.15) is 10.4 Å². The molecule has 0 radical (unpaired) electrons. The third-order valence-corrected chi connectivity index (χ3v) is 3.40. The second-order valence-corrected chi connectivity index (χ2v) is 5.21. The zero-order valence-electron chi connectivity index (χ0n) is 13.3. The van der Waals surface area contributed by atoms with E-state index in [1.807, 2.05) is 0 Å². The van der Waals surface area contributed by atoms with Crippen LogP contribution in [0.3, 0.4) is 0 Å². The number of hydrogen-bond acceptors (Lipinski definition) is 5. The highest BCUT2D eigenvalue weighted by Crippen LogP contribution is 2.15. The van der Waals surface area contributed by atoms with Crippen molar-refractivity contribution in [1.29, 1.82) is 0 Å². The summed E-state index contributed by atoms with van der Waals surface area (Å²) in [6, 6.07) is 13.6. The molecule has 0 aliphatic carbocycles. The number of fused-ring (bicyclic) bond motifs is 1. The minimum atomic E-state index is -0.844. The van der Waals surface area contributed by atoms with Gasteiger partial charge in [-0.25, -0.2) is 9.18 Å². The summed E-state index contributed by atoms with van der Waals surface area (Å²) in [7, 11) is 0. The Morgan fingerprint density at radius 3 is 2.58 bits per heavy atom. The minimum Gasteiger partial charge on any atom is -0.481 e. The van der Waals surface area contributed by atoms with Crippen LogP contribution in [0.25, 0.3) is 11.0 Å². The van der Waals surface area contributed by atoms with Gasteiger partial charge in [-0.1, -0.05) is 30.3 Å². The van der Waals surface area contributed by atoms with E-state index in [2.05, 4.69) is 10.9 Å². The molecule has 132 valence electrons. The fourth-order valence-corrected chi connectivity index (χ4v) is 2.16. The Hall–Kier alpha value is -3.68. The van der Waals surface area contributed by atoms with Crippen LogP contribution in [0.4, 0.5) is 4.39 Å². The number of carbonyl (C=O) groups is 2. The lowest BCUT2D eigenvalue weighted by molar-refractivity contribution is -0.123. The van der Waals surface area contributed by atoms with E-state index in [4.69, 9.17) is 9.15 Å². The van der Waals surface area contributed by atoms with E-state index in [1.54, 1.807) is 30.3 Å². The number of nitrogens with one attached hydrogen (secondary N) is 2. The topological polar surface area (TPSA) is 97.6 Å². The summed E-state index contributed by atoms with van der Waals surface area (Å²) in [4.78, 5) is 35.6. The summed E-state index contributed by atoms with van der Waals surface area (Å²) >= 11 is 0. The Balaban J connectivity index is 1.60. The van der Waals surface area contributed by atoms with Crippen molar-refractivity contribution in [1.82, 2.24) is 10.9 Å². The molecule has 8 heteroatoms. The molecule has 1 aromatic heterocycles. The van der Waals surface area contributed by atoms with Crippen LogP contribution in [0.15, 0.2) is 63.8 Å². The summed E-state index contributed by atoms with van der Waals surface area (Å²) in [6.07, 6.45) is 0. The molecule has 0 spiro atoms. The summed E-state index contributed by atoms with van der Waals surface area (Å²) < 4.78 is 23.4. The van der Waals surface area contributed by atoms with E-state index >= 15 is 0 Å². The predicted octanol–water partition coefficient (Wildman–Crippen LogP) is 1.77. The first-order valence-corrected chi connectivity index (χ1v) is 7.54. The van der Waals surface area contributed by atoms with Gasteiger partial charge >= 0.3 is 5.63 Å². The van der Waals surface area contributed by atoms with E-state index in [-0.39, 0.29) is 11.3 Å². The molecule has 2 amide bonds. The Bertz CT molecular complexity index is 1030. The maximum absolute atomic E-state index is 13.4. The van der Waals surface area contributed by atoms with Crippen LogP contribution < -0.4 is 21.2 Å². The maximum Gasteiger partial charge on any atom is 0.349 e. The molecule has 7 nitrogen and oxygen atoms in total. The monoisotopic (exact) mass is 356 g/mol. The average molecular weight is 356 g/mol. The van der Waals surface area contributed by atoms with Crippen molar-refractivity contribution < 1.29 is 23.1 Å². The lowest BCUT2D eigenvalue weighted by Gasteiger charge is -2.09. The summed E-state index contributed by atoms with van der Waals surface area (Å²) in [6.45, 7) is -0.520. The number of benzene rings is 2. The van der Waals surface area contributed by atoms with Crippen molar-refractivity contribution in [2.75, 3.05) is 6.61 Å². The van der Waals surface area contributed by atoms with E-state index in [0.29, 0.717) is 11.0 Å². The molecule has 0 aliphatic heterocycles. The highest BCUT2D eigenvalue weighted by atomic mass is 19.1. The third-order valence-electron chi connectivity index (χ3n) is 3.40. The Morgan fingerprint density at radius 2 is 1.77 bits per heavy atom. The van der Waals surface area contributed by atoms with E-state index < -0.39 is 29.9 Å². The highest BCUT2D eigenvalue weighted by molar-refractivity contribution is 5.97. The van der Waals surface area contributed by atoms with Gasteiger partial charge in [0, 0.05) is 5.39 Å². The van der Waals surface area contributed by atoms with E-state index in [9.17, 15) is 18.8 Å². The molecule has 1 heterocycles. The smallest absolute Gasteiger partial charge is 0.349 e. The average Bonchev–Trinajstić information content (AvgIpc) is 2.65. The van der Waals surface area contributed by atoms with Crippen molar-refractivity contribution >= 4 is 22.8 Å². The molecule has 0 saturated carbocycles. The Labute approximate surface area is 146 Å². The number of halogens is 1. The first kappa shape index (κ1) is 17.2. The molecule has 3 aromatic rings. The molecule has 0 unspecified atom stereocenters. The van der Waals surface area contributed by atoms with Gasteiger partial charge in [0.25, 0.3) is 11.8 Å². The summed E-state index contributed by atoms with van der Waals surface area (Å²) in [5.41, 5.74) is 3.41. The van der Waals surface area contributed by atoms with Crippen LogP contribution in [0.2, 0.25) is 0 Å². The van der Waals surface area contributed by atoms with Crippen molar-refractivity contribution in [2.45, 2.75) is 0 Å². The van der Waals surface area contributed by atoms with E-state index in [1.165, 1.54) is 24.3 Å². The maximum atomic E-state index is 13.4. The molecular weight excluding hydrogens is 343 g/mol. The molecule has 2 aromatic carbocycles. The van der Waals surface area contributed by atoms with Gasteiger partial charge in [0.2, 0.25) is 0 Å². The normalized spacial score (nSPS) is 10.3. The number of ether oxygens (including phenoxy) is 1. The largest absolute Gasteiger partial charge is 0.481 e. The predicted molar refractivity (Wildman–Crippen MR) is 90.0 cm³/mol. The quantitative estimate of drug-likeness (QED) is 0.548. The SMILES string of the molecule is O=C(COc1ccccc1F)NNC(=O)c1cc2ccccc2oc1=O. The van der Waals surface area contributed by atoms with Gasteiger partial charge in [-0.05, 0) is 24.3 Å². The summed E-state index contributed by atoms with van der Waals surface area (Å²) in [5.74, 6) is -2.28. The first-order valence-electron chi connectivity index (χ1n) is 7.54. The van der Waals surface area contributed by atoms with Crippen molar-refractivity contribution in [3.63, 3.8) is 0 Å². The number of para-hydroxylation sites is 2. The zero-order chi connectivity index (χ0) is 18.5. The molecule has 2 N–H and O–H groups in total. The number of hydrazine groups is 1. The van der Waals surface area contributed by atoms with Crippen molar-refractivity contribution in [3.05, 3.63) is 76.4 Å². The fourth-order valence-electron chi connectivity index (χ4n) is 2.16. The first-order chi connectivity index (χ1) is 12.5. The minimum absolute atomic E-state index is 0.0934. The zero-order valence-corrected chi connectivity index (χ0v) is 13.3. The second-order valence-electron chi connectivity index (χ2n) is 5.21. The van der Waals surface area contributed by atoms with Crippen LogP contribution in [0, 0.1) is 5.82 Å². The van der Waals surface area contributed by atoms with Gasteiger partial charge in [-0.15, -0.1) is 0 Å². The Morgan fingerprint density at radius 1 is 1.04 bits per heavy atom. The molecule has 0 saturated heterocycles. The van der Waals surface area contributed by atoms with Crippen LogP contribution in [-0.2, 0) is 4.79 Å². The highest BCUT2D eigenvalue weighted by Gasteiger charge is 2.14. The molecule has 3 rings (SSSR count). The van der Waals surface area contributed by atoms with Gasteiger partial charge < -0.3 is 9.15 Å².